The molecule has 1 heterocycles. The Morgan fingerprint density at radius 2 is 2.06 bits per heavy atom. The van der Waals surface area contributed by atoms with Crippen LogP contribution in [-0.4, -0.2) is 50.6 Å². The number of hydrogen-bond acceptors (Lipinski definition) is 6. The first-order chi connectivity index (χ1) is 16.0. The molecule has 33 heavy (non-hydrogen) atoms. The topological polar surface area (TPSA) is 94.8 Å². The number of methoxy groups -OCH3 is 1. The van der Waals surface area contributed by atoms with E-state index in [1.54, 1.807) is 19.2 Å². The predicted molar refractivity (Wildman–Crippen MR) is 125 cm³/mol. The molecule has 8 heteroatoms. The quantitative estimate of drug-likeness (QED) is 0.538. The number of carboxylic acids is 1. The largest absolute Gasteiger partial charge is 0.481 e. The highest BCUT2D eigenvalue weighted by Gasteiger charge is 2.24. The molecule has 2 N–H and O–H groups in total. The maximum absolute atomic E-state index is 14.7. The van der Waals surface area contributed by atoms with E-state index in [-0.39, 0.29) is 36.2 Å². The summed E-state index contributed by atoms with van der Waals surface area (Å²) in [6.07, 6.45) is 1.71. The van der Waals surface area contributed by atoms with Crippen molar-refractivity contribution in [3.8, 4) is 6.07 Å². The number of benzene rings is 2. The number of nitriles is 1. The second-order valence-electron chi connectivity index (χ2n) is 8.09. The summed E-state index contributed by atoms with van der Waals surface area (Å²) in [5.74, 6) is -1.78. The Labute approximate surface area is 193 Å². The van der Waals surface area contributed by atoms with Crippen LogP contribution in [0.25, 0.3) is 0 Å². The summed E-state index contributed by atoms with van der Waals surface area (Å²) in [7, 11) is 1.54. The van der Waals surface area contributed by atoms with Crippen LogP contribution in [0.1, 0.15) is 43.2 Å². The molecule has 3 rings (SSSR count). The zero-order valence-electron chi connectivity index (χ0n) is 19.0. The molecule has 0 saturated carbocycles. The fourth-order valence-electron chi connectivity index (χ4n) is 4.30. The van der Waals surface area contributed by atoms with Gasteiger partial charge in [-0.2, -0.15) is 5.26 Å². The van der Waals surface area contributed by atoms with Gasteiger partial charge in [0.2, 0.25) is 0 Å². The number of anilines is 3. The van der Waals surface area contributed by atoms with E-state index in [4.69, 9.17) is 14.7 Å². The van der Waals surface area contributed by atoms with Crippen molar-refractivity contribution in [1.82, 2.24) is 0 Å². The van der Waals surface area contributed by atoms with Crippen molar-refractivity contribution in [2.24, 2.45) is 0 Å². The molecule has 1 aliphatic heterocycles. The van der Waals surface area contributed by atoms with Crippen LogP contribution in [-0.2, 0) is 14.3 Å². The highest BCUT2D eigenvalue weighted by atomic mass is 19.1. The molecule has 0 aromatic heterocycles. The second kappa shape index (κ2) is 11.6. The molecule has 0 bridgehead atoms. The van der Waals surface area contributed by atoms with E-state index in [2.05, 4.69) is 17.1 Å². The molecule has 1 fully saturated rings. The van der Waals surface area contributed by atoms with Gasteiger partial charge in [-0.05, 0) is 55.7 Å². The normalized spacial score (nSPS) is 15.0. The number of rotatable bonds is 10. The van der Waals surface area contributed by atoms with Gasteiger partial charge < -0.3 is 24.8 Å². The average Bonchev–Trinajstić information content (AvgIpc) is 2.82. The van der Waals surface area contributed by atoms with Crippen molar-refractivity contribution in [3.63, 3.8) is 0 Å². The summed E-state index contributed by atoms with van der Waals surface area (Å²) >= 11 is 0. The third kappa shape index (κ3) is 6.21. The van der Waals surface area contributed by atoms with Crippen LogP contribution in [0.15, 0.2) is 36.4 Å². The number of ether oxygens (including phenoxy) is 2. The van der Waals surface area contributed by atoms with Crippen molar-refractivity contribution in [2.75, 3.05) is 43.7 Å². The van der Waals surface area contributed by atoms with Crippen LogP contribution in [0, 0.1) is 17.1 Å². The highest BCUT2D eigenvalue weighted by molar-refractivity contribution is 5.77. The number of nitrogens with zero attached hydrogens (tertiary/aromatic N) is 2. The summed E-state index contributed by atoms with van der Waals surface area (Å²) in [6.45, 7) is 4.48. The maximum Gasteiger partial charge on any atom is 0.304 e. The first-order valence-electron chi connectivity index (χ1n) is 11.1. The minimum absolute atomic E-state index is 0.0741. The number of carboxylic acid groups (broad SMARTS) is 1. The molecule has 1 unspecified atom stereocenters. The molecular formula is C25H30FN3O4. The Balaban J connectivity index is 2.04. The zero-order valence-corrected chi connectivity index (χ0v) is 19.0. The molecule has 0 spiro atoms. The number of nitrogens with one attached hydrogen (secondary N) is 1. The molecule has 1 aliphatic rings. The van der Waals surface area contributed by atoms with E-state index in [0.29, 0.717) is 18.9 Å². The molecule has 1 atom stereocenters. The van der Waals surface area contributed by atoms with Crippen molar-refractivity contribution in [2.45, 2.75) is 38.1 Å². The Kier molecular flexibility index (Phi) is 8.64. The zero-order chi connectivity index (χ0) is 23.8. The summed E-state index contributed by atoms with van der Waals surface area (Å²) in [5.41, 5.74) is 2.87. The Morgan fingerprint density at radius 1 is 1.30 bits per heavy atom. The molecule has 176 valence electrons. The fraction of sp³-hybridized carbons (Fsp3) is 0.440. The van der Waals surface area contributed by atoms with Gasteiger partial charge in [0.15, 0.2) is 0 Å². The standard InChI is InChI=1S/C25H30FN3O4/c1-3-29(20-8-10-33-11-9-20)24-7-5-18(19(16-32-2)14-25(30)31)13-23(24)28-22-6-4-17(15-27)12-21(22)26/h4-7,12-13,19-20,28H,3,8-11,14,16H2,1-2H3,(H,30,31). The van der Waals surface area contributed by atoms with Crippen LogP contribution >= 0.6 is 0 Å². The van der Waals surface area contributed by atoms with E-state index >= 15 is 0 Å². The fourth-order valence-corrected chi connectivity index (χ4v) is 4.30. The molecule has 0 amide bonds. The third-order valence-electron chi connectivity index (χ3n) is 5.93. The van der Waals surface area contributed by atoms with Gasteiger partial charge in [-0.25, -0.2) is 4.39 Å². The van der Waals surface area contributed by atoms with E-state index in [9.17, 15) is 14.3 Å². The minimum Gasteiger partial charge on any atom is -0.481 e. The van der Waals surface area contributed by atoms with Gasteiger partial charge in [-0.1, -0.05) is 6.07 Å². The molecule has 1 saturated heterocycles. The average molecular weight is 456 g/mol. The molecule has 0 radical (unpaired) electrons. The van der Waals surface area contributed by atoms with Gasteiger partial charge in [0.05, 0.1) is 41.7 Å². The smallest absolute Gasteiger partial charge is 0.304 e. The lowest BCUT2D eigenvalue weighted by Crippen LogP contribution is -2.39. The van der Waals surface area contributed by atoms with E-state index in [0.717, 1.165) is 30.6 Å². The lowest BCUT2D eigenvalue weighted by Gasteiger charge is -2.37. The number of hydrogen-bond donors (Lipinski definition) is 2. The second-order valence-corrected chi connectivity index (χ2v) is 8.09. The lowest BCUT2D eigenvalue weighted by molar-refractivity contribution is -0.137. The molecule has 7 nitrogen and oxygen atoms in total. The number of aliphatic carboxylic acids is 1. The van der Waals surface area contributed by atoms with E-state index in [1.165, 1.54) is 6.07 Å². The third-order valence-corrected chi connectivity index (χ3v) is 5.93. The maximum atomic E-state index is 14.7. The van der Waals surface area contributed by atoms with Gasteiger partial charge in [-0.3, -0.25) is 4.79 Å². The summed E-state index contributed by atoms with van der Waals surface area (Å²) in [6, 6.07) is 12.3. The monoisotopic (exact) mass is 455 g/mol. The Bertz CT molecular complexity index is 1000. The van der Waals surface area contributed by atoms with Crippen LogP contribution in [0.2, 0.25) is 0 Å². The summed E-state index contributed by atoms with van der Waals surface area (Å²) < 4.78 is 25.5. The highest BCUT2D eigenvalue weighted by Crippen LogP contribution is 2.36. The summed E-state index contributed by atoms with van der Waals surface area (Å²) in [4.78, 5) is 13.7. The number of halogens is 1. The molecule has 0 aliphatic carbocycles. The first-order valence-corrected chi connectivity index (χ1v) is 11.1. The summed E-state index contributed by atoms with van der Waals surface area (Å²) in [5, 5.41) is 21.6. The SMILES string of the molecule is CCN(c1ccc(C(COC)CC(=O)O)cc1Nc1ccc(C#N)cc1F)C1CCOCC1. The van der Waals surface area contributed by atoms with Gasteiger partial charge >= 0.3 is 5.97 Å². The lowest BCUT2D eigenvalue weighted by atomic mass is 9.94. The first kappa shape index (κ1) is 24.5. The van der Waals surface area contributed by atoms with Crippen molar-refractivity contribution in [3.05, 3.63) is 53.3 Å². The Hall–Kier alpha value is -3.15. The molecule has 2 aromatic carbocycles. The van der Waals surface area contributed by atoms with Gasteiger partial charge in [-0.15, -0.1) is 0 Å². The van der Waals surface area contributed by atoms with Crippen molar-refractivity contribution >= 4 is 23.0 Å². The van der Waals surface area contributed by atoms with Crippen LogP contribution in [0.5, 0.6) is 0 Å². The van der Waals surface area contributed by atoms with Gasteiger partial charge in [0, 0.05) is 38.8 Å². The van der Waals surface area contributed by atoms with Crippen LogP contribution < -0.4 is 10.2 Å². The van der Waals surface area contributed by atoms with Crippen molar-refractivity contribution in [1.29, 1.82) is 5.26 Å². The van der Waals surface area contributed by atoms with E-state index < -0.39 is 11.8 Å². The van der Waals surface area contributed by atoms with Gasteiger partial charge in [0.25, 0.3) is 0 Å². The molecular weight excluding hydrogens is 425 g/mol. The molecule has 2 aromatic rings. The minimum atomic E-state index is -0.911. The van der Waals surface area contributed by atoms with Crippen LogP contribution in [0.4, 0.5) is 21.5 Å². The predicted octanol–water partition coefficient (Wildman–Crippen LogP) is 4.65. The van der Waals surface area contributed by atoms with Crippen LogP contribution in [0.3, 0.4) is 0 Å². The van der Waals surface area contributed by atoms with Crippen molar-refractivity contribution < 1.29 is 23.8 Å². The van der Waals surface area contributed by atoms with Gasteiger partial charge in [0.1, 0.15) is 5.82 Å². The Morgan fingerprint density at radius 3 is 2.67 bits per heavy atom. The van der Waals surface area contributed by atoms with E-state index in [1.807, 2.05) is 24.3 Å². The number of carbonyl (C=O) groups is 1.